The quantitative estimate of drug-likeness (QED) is 0.721. The van der Waals surface area contributed by atoms with Gasteiger partial charge < -0.3 is 0 Å². The zero-order valence-corrected chi connectivity index (χ0v) is 8.57. The average Bonchev–Trinajstić information content (AvgIpc) is 2.56. The zero-order chi connectivity index (χ0) is 11.7. The molecule has 1 aromatic heterocycles. The van der Waals surface area contributed by atoms with Gasteiger partial charge in [0.05, 0.1) is 11.6 Å². The highest BCUT2D eigenvalue weighted by Gasteiger charge is 2.15. The van der Waals surface area contributed by atoms with Gasteiger partial charge in [0.15, 0.2) is 5.78 Å². The Bertz CT molecular complexity index is 609. The molecule has 4 nitrogen and oxygen atoms in total. The van der Waals surface area contributed by atoms with E-state index < -0.39 is 11.6 Å². The van der Waals surface area contributed by atoms with Crippen molar-refractivity contribution in [2.75, 3.05) is 0 Å². The number of rotatable bonds is 2. The van der Waals surface area contributed by atoms with Crippen LogP contribution in [0.1, 0.15) is 16.9 Å². The molecule has 0 N–H and O–H groups in total. The van der Waals surface area contributed by atoms with Crippen molar-refractivity contribution in [3.8, 4) is 6.07 Å². The van der Waals surface area contributed by atoms with Crippen molar-refractivity contribution in [2.24, 2.45) is 7.05 Å². The summed E-state index contributed by atoms with van der Waals surface area (Å²) < 4.78 is 14.6. The summed E-state index contributed by atoms with van der Waals surface area (Å²) in [5.74, 6) is -0.815. The van der Waals surface area contributed by atoms with E-state index in [0.29, 0.717) is 10.9 Å². The number of carbonyl (C=O) groups excluding carboxylic acids is 1. The van der Waals surface area contributed by atoms with E-state index in [1.54, 1.807) is 19.2 Å². The second-order valence-electron chi connectivity index (χ2n) is 3.39. The highest BCUT2D eigenvalue weighted by atomic mass is 19.1. The molecule has 0 atom stereocenters. The Labute approximate surface area is 90.9 Å². The molecule has 0 radical (unpaired) electrons. The van der Waals surface area contributed by atoms with Gasteiger partial charge in [-0.1, -0.05) is 0 Å². The molecule has 5 heteroatoms. The number of aryl methyl sites for hydroxylation is 1. The summed E-state index contributed by atoms with van der Waals surface area (Å²) in [6.07, 6.45) is -0.247. The van der Waals surface area contributed by atoms with Crippen molar-refractivity contribution in [2.45, 2.75) is 6.42 Å². The molecule has 2 aromatic rings. The van der Waals surface area contributed by atoms with Gasteiger partial charge in [0.25, 0.3) is 0 Å². The second-order valence-corrected chi connectivity index (χ2v) is 3.39. The second kappa shape index (κ2) is 3.74. The van der Waals surface area contributed by atoms with Gasteiger partial charge in [-0.25, -0.2) is 4.39 Å². The number of aromatic nitrogens is 2. The lowest BCUT2D eigenvalue weighted by Gasteiger charge is -1.93. The lowest BCUT2D eigenvalue weighted by molar-refractivity contribution is 0.0994. The number of hydrogen-bond acceptors (Lipinski definition) is 3. The SMILES string of the molecule is Cn1nc(C(=O)CC#N)c2cc(F)ccc21. The highest BCUT2D eigenvalue weighted by Crippen LogP contribution is 2.20. The smallest absolute Gasteiger partial charge is 0.197 e. The Morgan fingerprint density at radius 2 is 2.38 bits per heavy atom. The third-order valence-electron chi connectivity index (χ3n) is 2.32. The number of nitrogens with zero attached hydrogens (tertiary/aromatic N) is 3. The van der Waals surface area contributed by atoms with Crippen LogP contribution in [0.4, 0.5) is 4.39 Å². The molecular weight excluding hydrogens is 209 g/mol. The molecule has 0 aliphatic rings. The Hall–Kier alpha value is -2.22. The normalized spacial score (nSPS) is 10.3. The number of nitriles is 1. The Morgan fingerprint density at radius 3 is 3.06 bits per heavy atom. The van der Waals surface area contributed by atoms with Crippen LogP contribution in [0.2, 0.25) is 0 Å². The maximum Gasteiger partial charge on any atom is 0.197 e. The third kappa shape index (κ3) is 1.54. The summed E-state index contributed by atoms with van der Waals surface area (Å²) in [7, 11) is 1.67. The maximum absolute atomic E-state index is 13.1. The van der Waals surface area contributed by atoms with Gasteiger partial charge in [-0.15, -0.1) is 0 Å². The van der Waals surface area contributed by atoms with E-state index in [1.165, 1.54) is 16.8 Å². The summed E-state index contributed by atoms with van der Waals surface area (Å²) in [6.45, 7) is 0. The molecule has 0 aliphatic carbocycles. The summed E-state index contributed by atoms with van der Waals surface area (Å²) in [6, 6.07) is 5.88. The monoisotopic (exact) mass is 217 g/mol. The average molecular weight is 217 g/mol. The fourth-order valence-corrected chi connectivity index (χ4v) is 1.60. The molecule has 0 spiro atoms. The third-order valence-corrected chi connectivity index (χ3v) is 2.32. The van der Waals surface area contributed by atoms with E-state index in [1.807, 2.05) is 0 Å². The van der Waals surface area contributed by atoms with Crippen LogP contribution in [0.25, 0.3) is 10.9 Å². The van der Waals surface area contributed by atoms with Gasteiger partial charge in [0, 0.05) is 12.4 Å². The first-order chi connectivity index (χ1) is 7.63. The first-order valence-corrected chi connectivity index (χ1v) is 4.66. The van der Waals surface area contributed by atoms with Crippen LogP contribution >= 0.6 is 0 Å². The zero-order valence-electron chi connectivity index (χ0n) is 8.57. The van der Waals surface area contributed by atoms with Crippen molar-refractivity contribution < 1.29 is 9.18 Å². The van der Waals surface area contributed by atoms with Crippen LogP contribution in [0.5, 0.6) is 0 Å². The Kier molecular flexibility index (Phi) is 2.41. The summed E-state index contributed by atoms with van der Waals surface area (Å²) in [5, 5.41) is 12.9. The van der Waals surface area contributed by atoms with Gasteiger partial charge in [-0.05, 0) is 18.2 Å². The number of halogens is 1. The maximum atomic E-state index is 13.1. The molecule has 0 unspecified atom stereocenters. The van der Waals surface area contributed by atoms with Crippen LogP contribution in [-0.2, 0) is 7.05 Å². The molecule has 1 heterocycles. The van der Waals surface area contributed by atoms with Gasteiger partial charge in [-0.2, -0.15) is 10.4 Å². The minimum absolute atomic E-state index is 0.151. The largest absolute Gasteiger partial charge is 0.291 e. The first-order valence-electron chi connectivity index (χ1n) is 4.66. The van der Waals surface area contributed by atoms with Crippen LogP contribution in [0.3, 0.4) is 0 Å². The number of carbonyl (C=O) groups is 1. The van der Waals surface area contributed by atoms with Gasteiger partial charge >= 0.3 is 0 Å². The molecule has 0 amide bonds. The van der Waals surface area contributed by atoms with Crippen molar-refractivity contribution in [1.82, 2.24) is 9.78 Å². The molecule has 0 saturated heterocycles. The minimum atomic E-state index is -0.425. The van der Waals surface area contributed by atoms with Crippen molar-refractivity contribution in [1.29, 1.82) is 5.26 Å². The van der Waals surface area contributed by atoms with E-state index >= 15 is 0 Å². The highest BCUT2D eigenvalue weighted by molar-refractivity contribution is 6.06. The fourth-order valence-electron chi connectivity index (χ4n) is 1.60. The molecule has 80 valence electrons. The number of ketones is 1. The fraction of sp³-hybridized carbons (Fsp3) is 0.182. The van der Waals surface area contributed by atoms with Crippen LogP contribution in [0, 0.1) is 17.1 Å². The number of Topliss-reactive ketones (excluding diaryl/α,β-unsaturated/α-hetero) is 1. The van der Waals surface area contributed by atoms with E-state index in [9.17, 15) is 9.18 Å². The topological polar surface area (TPSA) is 58.7 Å². The van der Waals surface area contributed by atoms with E-state index in [4.69, 9.17) is 5.26 Å². The van der Waals surface area contributed by atoms with E-state index in [2.05, 4.69) is 5.10 Å². The van der Waals surface area contributed by atoms with E-state index in [0.717, 1.165) is 0 Å². The number of fused-ring (bicyclic) bond motifs is 1. The molecule has 1 aromatic carbocycles. The first kappa shape index (κ1) is 10.3. The Morgan fingerprint density at radius 1 is 1.62 bits per heavy atom. The van der Waals surface area contributed by atoms with Crippen LogP contribution in [-0.4, -0.2) is 15.6 Å². The summed E-state index contributed by atoms with van der Waals surface area (Å²) in [5.41, 5.74) is 0.821. The number of benzene rings is 1. The summed E-state index contributed by atoms with van der Waals surface area (Å²) in [4.78, 5) is 11.6. The predicted molar refractivity (Wildman–Crippen MR) is 55.2 cm³/mol. The molecule has 16 heavy (non-hydrogen) atoms. The molecule has 0 fully saturated rings. The van der Waals surface area contributed by atoms with Crippen molar-refractivity contribution in [3.05, 3.63) is 29.7 Å². The molecular formula is C11H8FN3O. The lowest BCUT2D eigenvalue weighted by atomic mass is 10.1. The molecule has 0 aliphatic heterocycles. The van der Waals surface area contributed by atoms with Crippen molar-refractivity contribution in [3.63, 3.8) is 0 Å². The summed E-state index contributed by atoms with van der Waals surface area (Å²) >= 11 is 0. The van der Waals surface area contributed by atoms with Crippen LogP contribution in [0.15, 0.2) is 18.2 Å². The molecule has 0 saturated carbocycles. The predicted octanol–water partition coefficient (Wildman–Crippen LogP) is 1.81. The standard InChI is InChI=1S/C11H8FN3O/c1-15-9-3-2-7(12)6-8(9)11(14-15)10(16)4-5-13/h2-3,6H,4H2,1H3. The number of hydrogen-bond donors (Lipinski definition) is 0. The lowest BCUT2D eigenvalue weighted by Crippen LogP contribution is -2.00. The molecule has 0 bridgehead atoms. The molecule has 2 rings (SSSR count). The Balaban J connectivity index is 2.67. The van der Waals surface area contributed by atoms with Crippen molar-refractivity contribution >= 4 is 16.7 Å². The van der Waals surface area contributed by atoms with Gasteiger partial charge in [0.1, 0.15) is 17.9 Å². The van der Waals surface area contributed by atoms with E-state index in [-0.39, 0.29) is 12.1 Å². The minimum Gasteiger partial charge on any atom is -0.291 e. The van der Waals surface area contributed by atoms with Gasteiger partial charge in [0.2, 0.25) is 0 Å². The van der Waals surface area contributed by atoms with Gasteiger partial charge in [-0.3, -0.25) is 9.48 Å². The van der Waals surface area contributed by atoms with Crippen LogP contribution < -0.4 is 0 Å².